The summed E-state index contributed by atoms with van der Waals surface area (Å²) in [4.78, 5) is 31.3. The lowest BCUT2D eigenvalue weighted by atomic mass is 10.1. The Bertz CT molecular complexity index is 1050. The molecule has 2 aromatic carbocycles. The quantitative estimate of drug-likeness (QED) is 0.650. The number of amides is 3. The van der Waals surface area contributed by atoms with Crippen LogP contribution >= 0.6 is 0 Å². The summed E-state index contributed by atoms with van der Waals surface area (Å²) in [6, 6.07) is 9.42. The van der Waals surface area contributed by atoms with Gasteiger partial charge in [-0.3, -0.25) is 4.79 Å². The molecule has 2 aliphatic rings. The van der Waals surface area contributed by atoms with Gasteiger partial charge in [0.2, 0.25) is 0 Å². The van der Waals surface area contributed by atoms with Crippen molar-refractivity contribution in [3.63, 3.8) is 0 Å². The number of alkyl halides is 3. The Hall–Kier alpha value is -3.43. The zero-order valence-corrected chi connectivity index (χ0v) is 18.8. The average molecular weight is 476 g/mol. The molecular weight excluding hydrogens is 447 g/mol. The van der Waals surface area contributed by atoms with Gasteiger partial charge in [-0.2, -0.15) is 13.2 Å². The molecule has 0 bridgehead atoms. The van der Waals surface area contributed by atoms with Gasteiger partial charge in [0.15, 0.2) is 0 Å². The summed E-state index contributed by atoms with van der Waals surface area (Å²) in [5.41, 5.74) is 7.11. The van der Waals surface area contributed by atoms with Gasteiger partial charge in [0, 0.05) is 56.3 Å². The lowest BCUT2D eigenvalue weighted by molar-refractivity contribution is -0.137. The molecule has 0 unspecified atom stereocenters. The zero-order valence-electron chi connectivity index (χ0n) is 18.8. The minimum atomic E-state index is -4.48. The third kappa shape index (κ3) is 5.37. The van der Waals surface area contributed by atoms with Crippen molar-refractivity contribution in [1.82, 2.24) is 9.80 Å². The second kappa shape index (κ2) is 9.82. The van der Waals surface area contributed by atoms with Crippen molar-refractivity contribution >= 4 is 29.0 Å². The predicted octanol–water partition coefficient (Wildman–Crippen LogP) is 4.27. The van der Waals surface area contributed by atoms with Crippen molar-refractivity contribution in [2.45, 2.75) is 25.4 Å². The van der Waals surface area contributed by atoms with Crippen molar-refractivity contribution in [3.05, 3.63) is 53.6 Å². The number of rotatable bonds is 3. The summed E-state index contributed by atoms with van der Waals surface area (Å²) in [6.07, 6.45) is -1.38. The fourth-order valence-electron chi connectivity index (χ4n) is 4.39. The molecule has 2 aliphatic heterocycles. The molecule has 2 heterocycles. The molecule has 2 aromatic rings. The zero-order chi connectivity index (χ0) is 24.3. The highest BCUT2D eigenvalue weighted by molar-refractivity contribution is 6.01. The van der Waals surface area contributed by atoms with E-state index in [1.807, 2.05) is 15.9 Å². The topological polar surface area (TPSA) is 81.9 Å². The van der Waals surface area contributed by atoms with Crippen LogP contribution in [0.15, 0.2) is 42.5 Å². The minimum absolute atomic E-state index is 0.0354. The Balaban J connectivity index is 1.41. The molecule has 4 rings (SSSR count). The van der Waals surface area contributed by atoms with Crippen molar-refractivity contribution in [2.75, 3.05) is 55.2 Å². The summed E-state index contributed by atoms with van der Waals surface area (Å²) in [5, 5.41) is 2.55. The van der Waals surface area contributed by atoms with Crippen LogP contribution in [-0.4, -0.2) is 61.0 Å². The Labute approximate surface area is 196 Å². The number of hydrogen-bond acceptors (Lipinski definition) is 4. The highest BCUT2D eigenvalue weighted by Crippen LogP contribution is 2.31. The summed E-state index contributed by atoms with van der Waals surface area (Å²) in [6.45, 7) is 3.17. The third-order valence-corrected chi connectivity index (χ3v) is 6.24. The number of hydrogen-bond donors (Lipinski definition) is 2. The monoisotopic (exact) mass is 475 g/mol. The molecule has 3 amide bonds. The van der Waals surface area contributed by atoms with Gasteiger partial charge in [0.05, 0.1) is 11.1 Å². The van der Waals surface area contributed by atoms with Gasteiger partial charge in [-0.05, 0) is 55.7 Å². The Morgan fingerprint density at radius 2 is 1.56 bits per heavy atom. The number of piperidine rings is 1. The lowest BCUT2D eigenvalue weighted by Gasteiger charge is -2.37. The van der Waals surface area contributed by atoms with Crippen LogP contribution in [0.5, 0.6) is 0 Å². The van der Waals surface area contributed by atoms with Gasteiger partial charge in [0.1, 0.15) is 0 Å². The molecular formula is C24H28F3N5O2. The summed E-state index contributed by atoms with van der Waals surface area (Å²) in [7, 11) is 0. The maximum Gasteiger partial charge on any atom is 0.416 e. The van der Waals surface area contributed by atoms with Crippen LogP contribution in [0.4, 0.5) is 35.0 Å². The highest BCUT2D eigenvalue weighted by atomic mass is 19.4. The first-order valence-electron chi connectivity index (χ1n) is 11.4. The molecule has 0 aromatic heterocycles. The van der Waals surface area contributed by atoms with Crippen molar-refractivity contribution in [1.29, 1.82) is 0 Å². The first-order chi connectivity index (χ1) is 16.2. The van der Waals surface area contributed by atoms with Crippen molar-refractivity contribution in [3.8, 4) is 0 Å². The van der Waals surface area contributed by atoms with Gasteiger partial charge in [-0.1, -0.05) is 6.07 Å². The van der Waals surface area contributed by atoms with Crippen LogP contribution in [0.3, 0.4) is 0 Å². The number of carbonyl (C=O) groups excluding carboxylic acids is 2. The maximum atomic E-state index is 13.2. The standard InChI is InChI=1S/C24H28F3N5O2/c25-24(26,27)17-5-4-6-19(15-17)29-23(34)32-13-11-30(12-14-32)21-8-7-18(28)16-20(21)22(33)31-9-2-1-3-10-31/h4-8,15-16H,1-3,9-14,28H2,(H,29,34). The van der Waals surface area contributed by atoms with E-state index in [9.17, 15) is 22.8 Å². The number of anilines is 3. The lowest BCUT2D eigenvalue weighted by Crippen LogP contribution is -2.50. The van der Waals surface area contributed by atoms with E-state index in [1.54, 1.807) is 17.0 Å². The number of urea groups is 1. The van der Waals surface area contributed by atoms with Crippen LogP contribution < -0.4 is 16.0 Å². The van der Waals surface area contributed by atoms with Gasteiger partial charge in [-0.25, -0.2) is 4.79 Å². The molecule has 10 heteroatoms. The molecule has 2 fully saturated rings. The Morgan fingerprint density at radius 3 is 2.24 bits per heavy atom. The van der Waals surface area contributed by atoms with Crippen molar-refractivity contribution in [2.24, 2.45) is 0 Å². The van der Waals surface area contributed by atoms with Crippen LogP contribution in [-0.2, 0) is 6.18 Å². The number of carbonyl (C=O) groups is 2. The number of nitrogen functional groups attached to an aromatic ring is 1. The van der Waals surface area contributed by atoms with E-state index < -0.39 is 17.8 Å². The van der Waals surface area contributed by atoms with Gasteiger partial charge in [0.25, 0.3) is 5.91 Å². The van der Waals surface area contributed by atoms with E-state index in [0.29, 0.717) is 37.4 Å². The first kappa shape index (κ1) is 23.7. The summed E-state index contributed by atoms with van der Waals surface area (Å²) < 4.78 is 38.8. The number of halogens is 3. The van der Waals surface area contributed by atoms with E-state index in [0.717, 1.165) is 50.2 Å². The van der Waals surface area contributed by atoms with E-state index in [2.05, 4.69) is 5.32 Å². The van der Waals surface area contributed by atoms with E-state index in [4.69, 9.17) is 5.73 Å². The molecule has 0 spiro atoms. The predicted molar refractivity (Wildman–Crippen MR) is 125 cm³/mol. The number of likely N-dealkylation sites (tertiary alicyclic amines) is 1. The van der Waals surface area contributed by atoms with E-state index in [1.165, 1.54) is 12.1 Å². The second-order valence-electron chi connectivity index (χ2n) is 8.61. The summed E-state index contributed by atoms with van der Waals surface area (Å²) in [5.74, 6) is -0.0354. The van der Waals surface area contributed by atoms with Crippen LogP contribution in [0.1, 0.15) is 35.2 Å². The molecule has 0 atom stereocenters. The third-order valence-electron chi connectivity index (χ3n) is 6.24. The fourth-order valence-corrected chi connectivity index (χ4v) is 4.39. The number of piperazine rings is 1. The molecule has 0 radical (unpaired) electrons. The molecule has 2 saturated heterocycles. The molecule has 7 nitrogen and oxygen atoms in total. The van der Waals surface area contributed by atoms with Crippen LogP contribution in [0.25, 0.3) is 0 Å². The molecule has 0 saturated carbocycles. The van der Waals surface area contributed by atoms with Gasteiger partial charge < -0.3 is 25.8 Å². The highest BCUT2D eigenvalue weighted by Gasteiger charge is 2.31. The van der Waals surface area contributed by atoms with Crippen LogP contribution in [0, 0.1) is 0 Å². The molecule has 182 valence electrons. The normalized spacial score (nSPS) is 17.0. The number of benzene rings is 2. The van der Waals surface area contributed by atoms with E-state index in [-0.39, 0.29) is 11.6 Å². The molecule has 34 heavy (non-hydrogen) atoms. The second-order valence-corrected chi connectivity index (χ2v) is 8.61. The Kier molecular flexibility index (Phi) is 6.85. The van der Waals surface area contributed by atoms with Gasteiger partial charge >= 0.3 is 12.2 Å². The number of nitrogens with one attached hydrogen (secondary N) is 1. The number of nitrogens with zero attached hydrogens (tertiary/aromatic N) is 3. The smallest absolute Gasteiger partial charge is 0.399 e. The Morgan fingerprint density at radius 1 is 0.853 bits per heavy atom. The van der Waals surface area contributed by atoms with Crippen LogP contribution in [0.2, 0.25) is 0 Å². The fraction of sp³-hybridized carbons (Fsp3) is 0.417. The van der Waals surface area contributed by atoms with Crippen molar-refractivity contribution < 1.29 is 22.8 Å². The molecule has 0 aliphatic carbocycles. The summed E-state index contributed by atoms with van der Waals surface area (Å²) >= 11 is 0. The SMILES string of the molecule is Nc1ccc(N2CCN(C(=O)Nc3cccc(C(F)(F)F)c3)CC2)c(C(=O)N2CCCCC2)c1. The largest absolute Gasteiger partial charge is 0.416 e. The minimum Gasteiger partial charge on any atom is -0.399 e. The average Bonchev–Trinajstić information content (AvgIpc) is 2.84. The number of nitrogens with two attached hydrogens (primary N) is 1. The maximum absolute atomic E-state index is 13.2. The molecule has 3 N–H and O–H groups in total. The van der Waals surface area contributed by atoms with E-state index >= 15 is 0 Å². The first-order valence-corrected chi connectivity index (χ1v) is 11.4. The van der Waals surface area contributed by atoms with Gasteiger partial charge in [-0.15, -0.1) is 0 Å².